The molecular formula is C15H17NOS2. The van der Waals surface area contributed by atoms with E-state index < -0.39 is 10.8 Å². The number of thioether (sulfide) groups is 1. The van der Waals surface area contributed by atoms with E-state index in [0.717, 1.165) is 10.6 Å². The van der Waals surface area contributed by atoms with Crippen LogP contribution in [0.15, 0.2) is 53.4 Å². The molecule has 1 unspecified atom stereocenters. The van der Waals surface area contributed by atoms with Crippen molar-refractivity contribution in [1.29, 1.82) is 0 Å². The zero-order chi connectivity index (χ0) is 13.1. The lowest BCUT2D eigenvalue weighted by atomic mass is 10.1. The molecule has 1 N–H and O–H groups in total. The van der Waals surface area contributed by atoms with Crippen molar-refractivity contribution >= 4 is 28.2 Å². The summed E-state index contributed by atoms with van der Waals surface area (Å²) in [5.74, 6) is 3.01. The fourth-order valence-electron chi connectivity index (χ4n) is 2.14. The van der Waals surface area contributed by atoms with Gasteiger partial charge in [0, 0.05) is 12.9 Å². The molecule has 2 aliphatic rings. The van der Waals surface area contributed by atoms with Gasteiger partial charge >= 0.3 is 0 Å². The van der Waals surface area contributed by atoms with Gasteiger partial charge < -0.3 is 5.32 Å². The molecule has 2 aromatic rings. The van der Waals surface area contributed by atoms with Crippen LogP contribution in [0.5, 0.6) is 0 Å². The van der Waals surface area contributed by atoms with Crippen LogP contribution < -0.4 is 5.32 Å². The summed E-state index contributed by atoms with van der Waals surface area (Å²) in [6.07, 6.45) is 0. The van der Waals surface area contributed by atoms with E-state index in [1.165, 1.54) is 22.6 Å². The molecule has 100 valence electrons. The fourth-order valence-corrected chi connectivity index (χ4v) is 4.31. The van der Waals surface area contributed by atoms with E-state index >= 15 is 0 Å². The average Bonchev–Trinajstić information content (AvgIpc) is 3.07. The molecule has 0 fully saturated rings. The Morgan fingerprint density at radius 2 is 1.63 bits per heavy atom. The van der Waals surface area contributed by atoms with Gasteiger partial charge in [-0.3, -0.25) is 4.21 Å². The lowest BCUT2D eigenvalue weighted by Crippen LogP contribution is -1.94. The summed E-state index contributed by atoms with van der Waals surface area (Å²) in [5.41, 5.74) is 4.07. The summed E-state index contributed by atoms with van der Waals surface area (Å²) in [6.45, 7) is 0. The van der Waals surface area contributed by atoms with Gasteiger partial charge in [-0.25, -0.2) is 0 Å². The molecule has 0 spiro atoms. The van der Waals surface area contributed by atoms with Gasteiger partial charge in [0.25, 0.3) is 0 Å². The van der Waals surface area contributed by atoms with Crippen molar-refractivity contribution in [3.63, 3.8) is 0 Å². The first-order valence-electron chi connectivity index (χ1n) is 6.20. The summed E-state index contributed by atoms with van der Waals surface area (Å²) >= 11 is 2.00. The van der Waals surface area contributed by atoms with E-state index in [9.17, 15) is 4.21 Å². The van der Waals surface area contributed by atoms with Crippen LogP contribution in [0.25, 0.3) is 0 Å². The Balaban J connectivity index is 0.000000141. The van der Waals surface area contributed by atoms with Crippen molar-refractivity contribution in [2.45, 2.75) is 16.4 Å². The lowest BCUT2D eigenvalue weighted by Gasteiger charge is -1.92. The first kappa shape index (κ1) is 12.8. The van der Waals surface area contributed by atoms with Crippen molar-refractivity contribution in [3.05, 3.63) is 59.7 Å². The van der Waals surface area contributed by atoms with Gasteiger partial charge in [-0.05, 0) is 23.3 Å². The molecule has 4 rings (SSSR count). The van der Waals surface area contributed by atoms with Crippen molar-refractivity contribution in [3.8, 4) is 0 Å². The van der Waals surface area contributed by atoms with E-state index in [4.69, 9.17) is 0 Å². The Morgan fingerprint density at radius 3 is 2.32 bits per heavy atom. The normalized spacial score (nSPS) is 18.8. The number of hydrogen-bond donors (Lipinski definition) is 1. The van der Waals surface area contributed by atoms with Gasteiger partial charge in [0.1, 0.15) is 0 Å². The van der Waals surface area contributed by atoms with E-state index in [2.05, 4.69) is 29.6 Å². The van der Waals surface area contributed by atoms with Gasteiger partial charge in [0.15, 0.2) is 0 Å². The number of anilines is 1. The largest absolute Gasteiger partial charge is 0.372 e. The van der Waals surface area contributed by atoms with Crippen LogP contribution in [0.4, 0.5) is 5.69 Å². The lowest BCUT2D eigenvalue weighted by molar-refractivity contribution is 0.686. The predicted molar refractivity (Wildman–Crippen MR) is 84.9 cm³/mol. The van der Waals surface area contributed by atoms with Crippen molar-refractivity contribution < 1.29 is 5.64 Å². The Labute approximate surface area is 121 Å². The molecule has 0 aromatic heterocycles. The number of rotatable bonds is 0. The highest BCUT2D eigenvalue weighted by atomic mass is 32.2. The molecule has 4 heteroatoms. The van der Waals surface area contributed by atoms with E-state index in [-0.39, 0.29) is 1.43 Å². The Morgan fingerprint density at radius 1 is 1.00 bits per heavy atom. The molecule has 2 aromatic carbocycles. The maximum atomic E-state index is 11.1. The van der Waals surface area contributed by atoms with Crippen molar-refractivity contribution in [2.24, 2.45) is 0 Å². The molecular weight excluding hydrogens is 274 g/mol. The highest BCUT2D eigenvalue weighted by Gasteiger charge is 2.15. The Hall–Kier alpha value is -1.26. The molecule has 2 nitrogen and oxygen atoms in total. The molecule has 2 heterocycles. The van der Waals surface area contributed by atoms with Gasteiger partial charge in [-0.1, -0.05) is 36.4 Å². The second kappa shape index (κ2) is 5.80. The van der Waals surface area contributed by atoms with Crippen LogP contribution >= 0.6 is 11.8 Å². The maximum absolute atomic E-state index is 11.1. The predicted octanol–water partition coefficient (Wildman–Crippen LogP) is 3.86. The van der Waals surface area contributed by atoms with Crippen LogP contribution in [-0.4, -0.2) is 10.1 Å². The van der Waals surface area contributed by atoms with Crippen LogP contribution in [0.2, 0.25) is 0 Å². The molecule has 2 aliphatic heterocycles. The van der Waals surface area contributed by atoms with Gasteiger partial charge in [-0.2, -0.15) is 11.8 Å². The summed E-state index contributed by atoms with van der Waals surface area (Å²) in [5, 5.41) is 3.05. The minimum absolute atomic E-state index is 0. The van der Waals surface area contributed by atoms with Crippen LogP contribution in [0.1, 0.15) is 12.6 Å². The van der Waals surface area contributed by atoms with Crippen LogP contribution in [0.3, 0.4) is 0 Å². The highest BCUT2D eigenvalue weighted by molar-refractivity contribution is 7.98. The van der Waals surface area contributed by atoms with Crippen molar-refractivity contribution in [2.75, 3.05) is 11.2 Å². The molecule has 19 heavy (non-hydrogen) atoms. The number of nitrogens with one attached hydrogen (secondary N) is 1. The van der Waals surface area contributed by atoms with E-state index in [1.54, 1.807) is 0 Å². The summed E-state index contributed by atoms with van der Waals surface area (Å²) in [7, 11) is -0.809. The zero-order valence-corrected chi connectivity index (χ0v) is 12.1. The standard InChI is InChI=1S/C8H8S.C7H7NOS.H2/c1-2-4-8-6-9-5-7(8)3-1;9-10-5-8-6-3-1-2-4-7(6)10;/h1-4H,5-6H2;1-4,8H,5H2;1H. The zero-order valence-electron chi connectivity index (χ0n) is 10.5. The Bertz CT molecular complexity index is 595. The SMILES string of the molecule is O=S1CNc2ccccc21.[HH].c1ccc2c(c1)CSC2. The molecule has 1 atom stereocenters. The second-order valence-corrected chi connectivity index (χ2v) is 6.83. The first-order chi connectivity index (χ1) is 9.34. The van der Waals surface area contributed by atoms with Crippen LogP contribution in [-0.2, 0) is 22.3 Å². The van der Waals surface area contributed by atoms with Crippen molar-refractivity contribution in [1.82, 2.24) is 0 Å². The second-order valence-electron chi connectivity index (χ2n) is 4.42. The summed E-state index contributed by atoms with van der Waals surface area (Å²) < 4.78 is 11.1. The molecule has 0 amide bonds. The van der Waals surface area contributed by atoms with Gasteiger partial charge in [-0.15, -0.1) is 0 Å². The minimum Gasteiger partial charge on any atom is -0.372 e. The molecule has 0 radical (unpaired) electrons. The third-order valence-electron chi connectivity index (χ3n) is 3.16. The third-order valence-corrected chi connectivity index (χ3v) is 5.44. The quantitative estimate of drug-likeness (QED) is 0.799. The topological polar surface area (TPSA) is 29.1 Å². The monoisotopic (exact) mass is 291 g/mol. The molecule has 0 saturated heterocycles. The summed E-state index contributed by atoms with van der Waals surface area (Å²) in [6, 6.07) is 16.4. The smallest absolute Gasteiger partial charge is 0.0959 e. The van der Waals surface area contributed by atoms with E-state index in [1.807, 2.05) is 36.0 Å². The van der Waals surface area contributed by atoms with Gasteiger partial charge in [0.05, 0.1) is 27.3 Å². The average molecular weight is 291 g/mol. The number of para-hydroxylation sites is 1. The first-order valence-corrected chi connectivity index (χ1v) is 8.68. The number of hydrogen-bond acceptors (Lipinski definition) is 3. The van der Waals surface area contributed by atoms with Gasteiger partial charge in [0.2, 0.25) is 0 Å². The minimum atomic E-state index is -0.809. The highest BCUT2D eigenvalue weighted by Crippen LogP contribution is 2.28. The molecule has 0 aliphatic carbocycles. The third kappa shape index (κ3) is 2.85. The molecule has 0 saturated carbocycles. The number of fused-ring (bicyclic) bond motifs is 2. The fraction of sp³-hybridized carbons (Fsp3) is 0.200. The number of benzene rings is 2. The molecule has 0 bridgehead atoms. The summed E-state index contributed by atoms with van der Waals surface area (Å²) in [4.78, 5) is 0.933. The van der Waals surface area contributed by atoms with E-state index in [0.29, 0.717) is 5.88 Å². The van der Waals surface area contributed by atoms with Crippen LogP contribution in [0, 0.1) is 0 Å². The maximum Gasteiger partial charge on any atom is 0.0959 e. The Kier molecular flexibility index (Phi) is 3.89.